The van der Waals surface area contributed by atoms with Gasteiger partial charge in [0.1, 0.15) is 0 Å². The first-order valence-corrected chi connectivity index (χ1v) is 6.27. The van der Waals surface area contributed by atoms with Crippen molar-refractivity contribution in [3.8, 4) is 0 Å². The molecule has 0 rings (SSSR count). The van der Waals surface area contributed by atoms with E-state index in [4.69, 9.17) is 5.11 Å². The molecule has 0 radical (unpaired) electrons. The second-order valence-corrected chi connectivity index (χ2v) is 4.13. The standard InChI is InChI=1S/C9H18N2O4S/c1-4-7(6-16-3)11(2)9(14)10-15-5-8(12)13/h7H,4-6H2,1-3H3,(H,10,14)(H,12,13). The second-order valence-electron chi connectivity index (χ2n) is 3.22. The van der Waals surface area contributed by atoms with Crippen LogP contribution in [0.1, 0.15) is 13.3 Å². The lowest BCUT2D eigenvalue weighted by atomic mass is 10.2. The van der Waals surface area contributed by atoms with Crippen LogP contribution >= 0.6 is 11.8 Å². The average molecular weight is 250 g/mol. The number of carbonyl (C=O) groups excluding carboxylic acids is 1. The van der Waals surface area contributed by atoms with Crippen LogP contribution in [0.15, 0.2) is 0 Å². The fourth-order valence-electron chi connectivity index (χ4n) is 1.09. The Morgan fingerprint density at radius 2 is 2.19 bits per heavy atom. The summed E-state index contributed by atoms with van der Waals surface area (Å²) >= 11 is 1.65. The van der Waals surface area contributed by atoms with Crippen LogP contribution in [0.5, 0.6) is 0 Å². The van der Waals surface area contributed by atoms with Crippen molar-refractivity contribution >= 4 is 23.8 Å². The number of carboxylic acid groups (broad SMARTS) is 1. The van der Waals surface area contributed by atoms with Gasteiger partial charge in [-0.05, 0) is 12.7 Å². The Balaban J connectivity index is 4.00. The minimum Gasteiger partial charge on any atom is -0.479 e. The predicted octanol–water partition coefficient (Wildman–Crippen LogP) is 0.786. The third-order valence-corrected chi connectivity index (χ3v) is 2.77. The largest absolute Gasteiger partial charge is 0.479 e. The van der Waals surface area contributed by atoms with Gasteiger partial charge in [-0.15, -0.1) is 0 Å². The van der Waals surface area contributed by atoms with Gasteiger partial charge < -0.3 is 10.0 Å². The molecule has 7 heteroatoms. The summed E-state index contributed by atoms with van der Waals surface area (Å²) in [4.78, 5) is 27.7. The molecule has 0 aliphatic carbocycles. The molecule has 6 nitrogen and oxygen atoms in total. The Morgan fingerprint density at radius 1 is 1.56 bits per heavy atom. The number of nitrogens with one attached hydrogen (secondary N) is 1. The lowest BCUT2D eigenvalue weighted by Gasteiger charge is -2.26. The number of rotatable bonds is 7. The van der Waals surface area contributed by atoms with Gasteiger partial charge in [0.05, 0.1) is 0 Å². The number of hydrogen-bond donors (Lipinski definition) is 2. The van der Waals surface area contributed by atoms with Gasteiger partial charge in [0, 0.05) is 18.8 Å². The molecular weight excluding hydrogens is 232 g/mol. The highest BCUT2D eigenvalue weighted by molar-refractivity contribution is 7.98. The van der Waals surface area contributed by atoms with Gasteiger partial charge in [-0.1, -0.05) is 6.92 Å². The van der Waals surface area contributed by atoms with Crippen molar-refractivity contribution in [2.75, 3.05) is 25.7 Å². The number of carbonyl (C=O) groups is 2. The maximum Gasteiger partial charge on any atom is 0.341 e. The summed E-state index contributed by atoms with van der Waals surface area (Å²) in [5, 5.41) is 8.31. The summed E-state index contributed by atoms with van der Waals surface area (Å²) in [7, 11) is 1.66. The average Bonchev–Trinajstić information content (AvgIpc) is 2.24. The molecule has 0 spiro atoms. The first-order chi connectivity index (χ1) is 7.52. The van der Waals surface area contributed by atoms with Gasteiger partial charge in [-0.2, -0.15) is 11.8 Å². The zero-order valence-corrected chi connectivity index (χ0v) is 10.5. The summed E-state index contributed by atoms with van der Waals surface area (Å²) in [6, 6.07) is -0.314. The zero-order chi connectivity index (χ0) is 12.6. The van der Waals surface area contributed by atoms with E-state index in [9.17, 15) is 9.59 Å². The van der Waals surface area contributed by atoms with Gasteiger partial charge in [-0.25, -0.2) is 15.1 Å². The molecule has 0 heterocycles. The smallest absolute Gasteiger partial charge is 0.341 e. The molecule has 0 fully saturated rings. The molecule has 0 saturated heterocycles. The number of amides is 2. The highest BCUT2D eigenvalue weighted by Crippen LogP contribution is 2.08. The molecule has 0 aromatic heterocycles. The van der Waals surface area contributed by atoms with Crippen molar-refractivity contribution in [3.05, 3.63) is 0 Å². The summed E-state index contributed by atoms with van der Waals surface area (Å²) in [5.74, 6) is -0.293. The number of thioether (sulfide) groups is 1. The van der Waals surface area contributed by atoms with Gasteiger partial charge in [0.2, 0.25) is 0 Å². The van der Waals surface area contributed by atoms with Crippen LogP contribution in [0.2, 0.25) is 0 Å². The molecule has 1 atom stereocenters. The quantitative estimate of drug-likeness (QED) is 0.653. The van der Waals surface area contributed by atoms with Crippen molar-refractivity contribution in [3.63, 3.8) is 0 Å². The topological polar surface area (TPSA) is 78.9 Å². The van der Waals surface area contributed by atoms with Gasteiger partial charge in [0.15, 0.2) is 6.61 Å². The molecular formula is C9H18N2O4S. The van der Waals surface area contributed by atoms with Crippen molar-refractivity contribution in [2.45, 2.75) is 19.4 Å². The number of aliphatic carboxylic acids is 1. The molecule has 2 N–H and O–H groups in total. The predicted molar refractivity (Wildman–Crippen MR) is 62.3 cm³/mol. The Bertz CT molecular complexity index is 238. The number of nitrogens with zero attached hydrogens (tertiary/aromatic N) is 1. The maximum absolute atomic E-state index is 11.5. The van der Waals surface area contributed by atoms with Crippen molar-refractivity contribution in [1.82, 2.24) is 10.4 Å². The number of urea groups is 1. The lowest BCUT2D eigenvalue weighted by molar-refractivity contribution is -0.144. The molecule has 0 bridgehead atoms. The third kappa shape index (κ3) is 5.82. The molecule has 0 saturated carbocycles. The van der Waals surface area contributed by atoms with Gasteiger partial charge in [0.25, 0.3) is 0 Å². The minimum absolute atomic E-state index is 0.114. The van der Waals surface area contributed by atoms with E-state index in [0.717, 1.165) is 12.2 Å². The summed E-state index contributed by atoms with van der Waals surface area (Å²) in [6.07, 6.45) is 2.80. The highest BCUT2D eigenvalue weighted by atomic mass is 32.2. The zero-order valence-electron chi connectivity index (χ0n) is 9.73. The van der Waals surface area contributed by atoms with E-state index in [2.05, 4.69) is 10.3 Å². The minimum atomic E-state index is -1.13. The maximum atomic E-state index is 11.5. The number of hydrogen-bond acceptors (Lipinski definition) is 4. The molecule has 0 aromatic carbocycles. The first-order valence-electron chi connectivity index (χ1n) is 4.88. The van der Waals surface area contributed by atoms with Crippen LogP contribution in [0.25, 0.3) is 0 Å². The van der Waals surface area contributed by atoms with Crippen LogP contribution in [-0.2, 0) is 9.63 Å². The molecule has 2 amide bonds. The Hall–Kier alpha value is -0.950. The lowest BCUT2D eigenvalue weighted by Crippen LogP contribution is -2.44. The van der Waals surface area contributed by atoms with E-state index in [1.807, 2.05) is 13.2 Å². The molecule has 0 aromatic rings. The molecule has 1 unspecified atom stereocenters. The summed E-state index contributed by atoms with van der Waals surface area (Å²) in [5.41, 5.74) is 2.08. The Morgan fingerprint density at radius 3 is 2.62 bits per heavy atom. The van der Waals surface area contributed by atoms with Gasteiger partial charge >= 0.3 is 12.0 Å². The highest BCUT2D eigenvalue weighted by Gasteiger charge is 2.17. The number of carboxylic acids is 1. The van der Waals surface area contributed by atoms with Crippen LogP contribution in [0.3, 0.4) is 0 Å². The van der Waals surface area contributed by atoms with Crippen molar-refractivity contribution in [2.24, 2.45) is 0 Å². The molecule has 16 heavy (non-hydrogen) atoms. The normalized spacial score (nSPS) is 11.9. The van der Waals surface area contributed by atoms with E-state index in [1.165, 1.54) is 4.90 Å². The summed E-state index contributed by atoms with van der Waals surface area (Å²) < 4.78 is 0. The monoisotopic (exact) mass is 250 g/mol. The fourth-order valence-corrected chi connectivity index (χ4v) is 1.94. The number of hydroxylamine groups is 1. The van der Waals surface area contributed by atoms with Crippen LogP contribution in [0, 0.1) is 0 Å². The van der Waals surface area contributed by atoms with E-state index in [1.54, 1.807) is 18.8 Å². The van der Waals surface area contributed by atoms with Gasteiger partial charge in [-0.3, -0.25) is 4.84 Å². The van der Waals surface area contributed by atoms with Crippen LogP contribution in [0.4, 0.5) is 4.79 Å². The summed E-state index contributed by atoms with van der Waals surface area (Å²) in [6.45, 7) is 1.45. The van der Waals surface area contributed by atoms with Crippen LogP contribution in [-0.4, -0.2) is 53.7 Å². The van der Waals surface area contributed by atoms with Crippen molar-refractivity contribution in [1.29, 1.82) is 0 Å². The van der Waals surface area contributed by atoms with E-state index < -0.39 is 18.6 Å². The molecule has 0 aliphatic heterocycles. The third-order valence-electron chi connectivity index (χ3n) is 2.05. The van der Waals surface area contributed by atoms with E-state index in [-0.39, 0.29) is 6.04 Å². The fraction of sp³-hybridized carbons (Fsp3) is 0.778. The molecule has 0 aliphatic rings. The van der Waals surface area contributed by atoms with E-state index in [0.29, 0.717) is 0 Å². The molecule has 94 valence electrons. The van der Waals surface area contributed by atoms with E-state index >= 15 is 0 Å². The first kappa shape index (κ1) is 15.0. The van der Waals surface area contributed by atoms with Crippen LogP contribution < -0.4 is 5.48 Å². The Kier molecular flexibility index (Phi) is 7.74. The van der Waals surface area contributed by atoms with Crippen molar-refractivity contribution < 1.29 is 19.5 Å². The SMILES string of the molecule is CCC(CSC)N(C)C(=O)NOCC(=O)O. The Labute approximate surface area is 99.3 Å². The second kappa shape index (κ2) is 8.23.